The molecule has 8 nitrogen and oxygen atoms in total. The summed E-state index contributed by atoms with van der Waals surface area (Å²) < 4.78 is 10.6. The molecule has 0 spiro atoms. The lowest BCUT2D eigenvalue weighted by atomic mass is 10.2. The molecule has 8 heteroatoms. The zero-order valence-corrected chi connectivity index (χ0v) is 19.2. The molecule has 1 fully saturated rings. The van der Waals surface area contributed by atoms with E-state index in [1.54, 1.807) is 32.4 Å². The Hall–Kier alpha value is -3.10. The first-order valence-electron chi connectivity index (χ1n) is 10.8. The number of aryl methyl sites for hydroxylation is 1. The molecule has 1 saturated heterocycles. The number of nitrogens with one attached hydrogen (secondary N) is 2. The quantitative estimate of drug-likeness (QED) is 0.657. The second-order valence-corrected chi connectivity index (χ2v) is 7.96. The molecule has 0 aliphatic carbocycles. The Balaban J connectivity index is 1.48. The standard InChI is InChI=1S/C24H32N4O4/c1-17-5-7-19(8-6-17)25-23(29)16-27-11-13-28(14-12-27)18(2)24(30)26-21-15-20(31-3)9-10-22(21)32-4/h5-10,15,18H,11-14,16H2,1-4H3,(H,25,29)(H,26,30). The first kappa shape index (κ1) is 23.6. The molecule has 2 aromatic carbocycles. The fourth-order valence-electron chi connectivity index (χ4n) is 3.66. The summed E-state index contributed by atoms with van der Waals surface area (Å²) in [6.07, 6.45) is 0. The molecule has 1 aliphatic heterocycles. The van der Waals surface area contributed by atoms with Crippen molar-refractivity contribution < 1.29 is 19.1 Å². The van der Waals surface area contributed by atoms with Crippen molar-refractivity contribution in [3.8, 4) is 11.5 Å². The van der Waals surface area contributed by atoms with Gasteiger partial charge in [-0.2, -0.15) is 0 Å². The average molecular weight is 441 g/mol. The summed E-state index contributed by atoms with van der Waals surface area (Å²) in [7, 11) is 3.14. The number of methoxy groups -OCH3 is 2. The number of piperazine rings is 1. The minimum Gasteiger partial charge on any atom is -0.497 e. The Labute approximate surface area is 189 Å². The van der Waals surface area contributed by atoms with E-state index in [1.165, 1.54) is 0 Å². The van der Waals surface area contributed by atoms with Crippen LogP contribution in [0, 0.1) is 6.92 Å². The van der Waals surface area contributed by atoms with Crippen molar-refractivity contribution in [2.24, 2.45) is 0 Å². The lowest BCUT2D eigenvalue weighted by Gasteiger charge is -2.37. The van der Waals surface area contributed by atoms with E-state index in [-0.39, 0.29) is 17.9 Å². The van der Waals surface area contributed by atoms with Crippen molar-refractivity contribution in [3.05, 3.63) is 48.0 Å². The van der Waals surface area contributed by atoms with Gasteiger partial charge in [-0.1, -0.05) is 17.7 Å². The van der Waals surface area contributed by atoms with Gasteiger partial charge in [-0.25, -0.2) is 0 Å². The largest absolute Gasteiger partial charge is 0.497 e. The summed E-state index contributed by atoms with van der Waals surface area (Å²) in [6, 6.07) is 12.7. The molecule has 1 unspecified atom stereocenters. The third-order valence-electron chi connectivity index (χ3n) is 5.70. The topological polar surface area (TPSA) is 83.1 Å². The van der Waals surface area contributed by atoms with Crippen LogP contribution in [-0.2, 0) is 9.59 Å². The number of carbonyl (C=O) groups is 2. The van der Waals surface area contributed by atoms with Gasteiger partial charge in [0.25, 0.3) is 0 Å². The monoisotopic (exact) mass is 440 g/mol. The molecule has 3 rings (SSSR count). The van der Waals surface area contributed by atoms with Crippen molar-refractivity contribution in [1.29, 1.82) is 0 Å². The van der Waals surface area contributed by atoms with Gasteiger partial charge < -0.3 is 20.1 Å². The second-order valence-electron chi connectivity index (χ2n) is 7.96. The third-order valence-corrected chi connectivity index (χ3v) is 5.70. The van der Waals surface area contributed by atoms with Crippen LogP contribution in [0.25, 0.3) is 0 Å². The highest BCUT2D eigenvalue weighted by Gasteiger charge is 2.27. The maximum atomic E-state index is 12.8. The highest BCUT2D eigenvalue weighted by molar-refractivity contribution is 5.96. The lowest BCUT2D eigenvalue weighted by molar-refractivity contribution is -0.122. The average Bonchev–Trinajstić information content (AvgIpc) is 2.80. The van der Waals surface area contributed by atoms with Gasteiger partial charge in [-0.3, -0.25) is 19.4 Å². The molecule has 172 valence electrons. The van der Waals surface area contributed by atoms with Crippen molar-refractivity contribution >= 4 is 23.2 Å². The van der Waals surface area contributed by atoms with Gasteiger partial charge in [-0.15, -0.1) is 0 Å². The van der Waals surface area contributed by atoms with Gasteiger partial charge >= 0.3 is 0 Å². The van der Waals surface area contributed by atoms with Crippen LogP contribution in [0.15, 0.2) is 42.5 Å². The second kappa shape index (κ2) is 11.0. The molecule has 0 saturated carbocycles. The number of nitrogens with zero attached hydrogens (tertiary/aromatic N) is 2. The van der Waals surface area contributed by atoms with Crippen LogP contribution in [0.4, 0.5) is 11.4 Å². The van der Waals surface area contributed by atoms with Gasteiger partial charge in [0, 0.05) is 37.9 Å². The number of anilines is 2. The van der Waals surface area contributed by atoms with Crippen molar-refractivity contribution in [1.82, 2.24) is 9.80 Å². The Morgan fingerprint density at radius 3 is 2.28 bits per heavy atom. The van der Waals surface area contributed by atoms with E-state index in [1.807, 2.05) is 38.1 Å². The number of ether oxygens (including phenoxy) is 2. The SMILES string of the molecule is COc1ccc(OC)c(NC(=O)C(C)N2CCN(CC(=O)Nc3ccc(C)cc3)CC2)c1. The van der Waals surface area contributed by atoms with E-state index >= 15 is 0 Å². The number of hydrogen-bond donors (Lipinski definition) is 2. The molecule has 0 bridgehead atoms. The fraction of sp³-hybridized carbons (Fsp3) is 0.417. The van der Waals surface area contributed by atoms with Crippen LogP contribution in [-0.4, -0.2) is 74.6 Å². The number of amides is 2. The van der Waals surface area contributed by atoms with Crippen molar-refractivity contribution in [3.63, 3.8) is 0 Å². The molecule has 2 amide bonds. The summed E-state index contributed by atoms with van der Waals surface area (Å²) >= 11 is 0. The minimum absolute atomic E-state index is 0.0294. The number of carbonyl (C=O) groups excluding carboxylic acids is 2. The molecule has 1 heterocycles. The molecule has 1 atom stereocenters. The van der Waals surface area contributed by atoms with E-state index in [0.717, 1.165) is 24.3 Å². The zero-order chi connectivity index (χ0) is 23.1. The first-order chi connectivity index (χ1) is 15.4. The lowest BCUT2D eigenvalue weighted by Crippen LogP contribution is -2.53. The third kappa shape index (κ3) is 6.21. The zero-order valence-electron chi connectivity index (χ0n) is 19.2. The van der Waals surface area contributed by atoms with Gasteiger partial charge in [0.1, 0.15) is 11.5 Å². The molecule has 2 N–H and O–H groups in total. The summed E-state index contributed by atoms with van der Waals surface area (Å²) in [5.74, 6) is 1.09. The van der Waals surface area contributed by atoms with E-state index in [4.69, 9.17) is 9.47 Å². The van der Waals surface area contributed by atoms with Crippen LogP contribution in [0.2, 0.25) is 0 Å². The van der Waals surface area contributed by atoms with Gasteiger partial charge in [0.2, 0.25) is 11.8 Å². The van der Waals surface area contributed by atoms with Crippen molar-refractivity contribution in [2.75, 3.05) is 57.6 Å². The van der Waals surface area contributed by atoms with Gasteiger partial charge in [0.15, 0.2) is 0 Å². The molecule has 0 radical (unpaired) electrons. The Morgan fingerprint density at radius 1 is 0.969 bits per heavy atom. The fourth-order valence-corrected chi connectivity index (χ4v) is 3.66. The highest BCUT2D eigenvalue weighted by Crippen LogP contribution is 2.29. The molecule has 1 aliphatic rings. The summed E-state index contributed by atoms with van der Waals surface area (Å²) in [4.78, 5) is 29.4. The minimum atomic E-state index is -0.311. The smallest absolute Gasteiger partial charge is 0.241 e. The highest BCUT2D eigenvalue weighted by atomic mass is 16.5. The Morgan fingerprint density at radius 2 is 1.66 bits per heavy atom. The summed E-state index contributed by atoms with van der Waals surface area (Å²) in [6.45, 7) is 7.11. The maximum Gasteiger partial charge on any atom is 0.241 e. The van der Waals surface area contributed by atoms with E-state index < -0.39 is 0 Å². The van der Waals surface area contributed by atoms with Crippen LogP contribution >= 0.6 is 0 Å². The van der Waals surface area contributed by atoms with Crippen LogP contribution < -0.4 is 20.1 Å². The molecular weight excluding hydrogens is 408 g/mol. The van der Waals surface area contributed by atoms with E-state index in [9.17, 15) is 9.59 Å². The molecular formula is C24H32N4O4. The van der Waals surface area contributed by atoms with Gasteiger partial charge in [0.05, 0.1) is 32.5 Å². The molecule has 2 aromatic rings. The Bertz CT molecular complexity index is 924. The van der Waals surface area contributed by atoms with Crippen LogP contribution in [0.3, 0.4) is 0 Å². The van der Waals surface area contributed by atoms with Crippen LogP contribution in [0.1, 0.15) is 12.5 Å². The number of rotatable bonds is 8. The first-order valence-corrected chi connectivity index (χ1v) is 10.8. The normalized spacial score (nSPS) is 15.6. The van der Waals surface area contributed by atoms with E-state index in [2.05, 4.69) is 20.4 Å². The predicted molar refractivity (Wildman–Crippen MR) is 125 cm³/mol. The number of benzene rings is 2. The summed E-state index contributed by atoms with van der Waals surface area (Å²) in [5.41, 5.74) is 2.54. The molecule has 32 heavy (non-hydrogen) atoms. The molecule has 0 aromatic heterocycles. The number of hydrogen-bond acceptors (Lipinski definition) is 6. The Kier molecular flexibility index (Phi) is 8.08. The van der Waals surface area contributed by atoms with Crippen LogP contribution in [0.5, 0.6) is 11.5 Å². The summed E-state index contributed by atoms with van der Waals surface area (Å²) in [5, 5.41) is 5.88. The van der Waals surface area contributed by atoms with E-state index in [0.29, 0.717) is 36.8 Å². The predicted octanol–water partition coefficient (Wildman–Crippen LogP) is 2.60. The van der Waals surface area contributed by atoms with Crippen molar-refractivity contribution in [2.45, 2.75) is 19.9 Å². The van der Waals surface area contributed by atoms with Gasteiger partial charge in [-0.05, 0) is 38.1 Å². The maximum absolute atomic E-state index is 12.8.